The first-order chi connectivity index (χ1) is 13.8. The van der Waals surface area contributed by atoms with E-state index in [0.717, 1.165) is 5.57 Å². The van der Waals surface area contributed by atoms with Gasteiger partial charge in [-0.25, -0.2) is 9.79 Å². The van der Waals surface area contributed by atoms with Crippen molar-refractivity contribution < 1.29 is 19.0 Å². The van der Waals surface area contributed by atoms with Gasteiger partial charge in [-0.05, 0) is 70.4 Å². The number of cyclic esters (lactones) is 1. The Morgan fingerprint density at radius 3 is 2.69 bits per heavy atom. The molecule has 0 aromatic heterocycles. The van der Waals surface area contributed by atoms with Crippen LogP contribution in [0, 0.1) is 0 Å². The summed E-state index contributed by atoms with van der Waals surface area (Å²) in [6, 6.07) is 8.42. The van der Waals surface area contributed by atoms with Crippen LogP contribution in [0.3, 0.4) is 0 Å². The number of hydrogen-bond donors (Lipinski definition) is 0. The molecule has 0 amide bonds. The molecule has 150 valence electrons. The van der Waals surface area contributed by atoms with Crippen molar-refractivity contribution in [1.82, 2.24) is 0 Å². The minimum Gasteiger partial charge on any atom is -0.493 e. The third kappa shape index (κ3) is 5.01. The predicted molar refractivity (Wildman–Crippen MR) is 118 cm³/mol. The third-order valence-electron chi connectivity index (χ3n) is 3.81. The molecule has 0 aliphatic carbocycles. The zero-order valence-corrected chi connectivity index (χ0v) is 18.7. The first kappa shape index (κ1) is 21.4. The van der Waals surface area contributed by atoms with Crippen molar-refractivity contribution in [2.75, 3.05) is 13.7 Å². The third-order valence-corrected chi connectivity index (χ3v) is 5.13. The number of nitrogens with zero attached hydrogens (tertiary/aromatic N) is 1. The van der Waals surface area contributed by atoms with Gasteiger partial charge in [-0.15, -0.1) is 0 Å². The number of ether oxygens (including phenoxy) is 3. The summed E-state index contributed by atoms with van der Waals surface area (Å²) < 4.78 is 17.1. The molecule has 0 N–H and O–H groups in total. The van der Waals surface area contributed by atoms with E-state index in [1.165, 1.54) is 7.11 Å². The average molecular weight is 497 g/mol. The largest absolute Gasteiger partial charge is 0.493 e. The van der Waals surface area contributed by atoms with Gasteiger partial charge in [0.05, 0.1) is 21.6 Å². The topological polar surface area (TPSA) is 57.1 Å². The number of methoxy groups -OCH3 is 1. The lowest BCUT2D eigenvalue weighted by atomic mass is 10.1. The van der Waals surface area contributed by atoms with E-state index in [1.807, 2.05) is 6.92 Å². The molecule has 0 bridgehead atoms. The normalized spacial score (nSPS) is 14.6. The minimum atomic E-state index is -0.566. The number of esters is 1. The van der Waals surface area contributed by atoms with Crippen LogP contribution in [0.25, 0.3) is 6.08 Å². The number of carbonyl (C=O) groups excluding carboxylic acids is 1. The Hall–Kier alpha value is -2.28. The van der Waals surface area contributed by atoms with Crippen molar-refractivity contribution in [3.05, 3.63) is 73.8 Å². The number of rotatable bonds is 6. The van der Waals surface area contributed by atoms with Gasteiger partial charge in [-0.1, -0.05) is 29.8 Å². The number of hydrogen-bond acceptors (Lipinski definition) is 5. The molecule has 5 nitrogen and oxygen atoms in total. The molecular formula is C21H16BrCl2NO4. The van der Waals surface area contributed by atoms with Gasteiger partial charge in [-0.3, -0.25) is 0 Å². The Morgan fingerprint density at radius 2 is 2.03 bits per heavy atom. The molecule has 0 saturated heterocycles. The minimum absolute atomic E-state index is 0.149. The van der Waals surface area contributed by atoms with E-state index >= 15 is 0 Å². The lowest BCUT2D eigenvalue weighted by Gasteiger charge is -2.13. The second-order valence-corrected chi connectivity index (χ2v) is 7.91. The summed E-state index contributed by atoms with van der Waals surface area (Å²) in [7, 11) is 1.54. The predicted octanol–water partition coefficient (Wildman–Crippen LogP) is 6.06. The summed E-state index contributed by atoms with van der Waals surface area (Å²) in [6.07, 6.45) is 1.60. The molecule has 0 spiro atoms. The van der Waals surface area contributed by atoms with Crippen molar-refractivity contribution in [3.63, 3.8) is 0 Å². The maximum Gasteiger partial charge on any atom is 0.363 e. The summed E-state index contributed by atoms with van der Waals surface area (Å²) in [6.45, 7) is 6.05. The van der Waals surface area contributed by atoms with Crippen LogP contribution in [-0.4, -0.2) is 25.6 Å². The first-order valence-corrected chi connectivity index (χ1v) is 9.96. The number of halogens is 3. The molecule has 2 aromatic carbocycles. The van der Waals surface area contributed by atoms with Crippen LogP contribution in [0.1, 0.15) is 18.1 Å². The molecule has 1 aliphatic rings. The first-order valence-electron chi connectivity index (χ1n) is 8.41. The Labute approximate surface area is 186 Å². The van der Waals surface area contributed by atoms with Crippen LogP contribution in [0.4, 0.5) is 0 Å². The fourth-order valence-corrected chi connectivity index (χ4v) is 3.35. The van der Waals surface area contributed by atoms with Gasteiger partial charge in [-0.2, -0.15) is 0 Å². The summed E-state index contributed by atoms with van der Waals surface area (Å²) in [5, 5.41) is 0.751. The van der Waals surface area contributed by atoms with Crippen molar-refractivity contribution in [1.29, 1.82) is 0 Å². The second kappa shape index (κ2) is 9.03. The molecule has 8 heteroatoms. The van der Waals surface area contributed by atoms with E-state index in [4.69, 9.17) is 37.4 Å². The van der Waals surface area contributed by atoms with Crippen LogP contribution in [0.5, 0.6) is 11.5 Å². The number of benzene rings is 2. The van der Waals surface area contributed by atoms with Crippen LogP contribution >= 0.6 is 39.1 Å². The second-order valence-electron chi connectivity index (χ2n) is 6.24. The van der Waals surface area contributed by atoms with Gasteiger partial charge in [0.2, 0.25) is 5.90 Å². The Morgan fingerprint density at radius 1 is 1.28 bits per heavy atom. The van der Waals surface area contributed by atoms with Gasteiger partial charge in [0.25, 0.3) is 0 Å². The Bertz CT molecular complexity index is 1060. The fourth-order valence-electron chi connectivity index (χ4n) is 2.48. The highest BCUT2D eigenvalue weighted by Gasteiger charge is 2.25. The molecule has 0 fully saturated rings. The molecule has 0 atom stereocenters. The van der Waals surface area contributed by atoms with Crippen molar-refractivity contribution >= 4 is 57.1 Å². The highest BCUT2D eigenvalue weighted by Crippen LogP contribution is 2.38. The van der Waals surface area contributed by atoms with E-state index < -0.39 is 5.97 Å². The Balaban J connectivity index is 1.93. The summed E-state index contributed by atoms with van der Waals surface area (Å²) in [5.74, 6) is 0.648. The van der Waals surface area contributed by atoms with E-state index in [2.05, 4.69) is 27.5 Å². The van der Waals surface area contributed by atoms with Crippen LogP contribution in [0.15, 0.2) is 57.6 Å². The molecule has 1 aliphatic heterocycles. The summed E-state index contributed by atoms with van der Waals surface area (Å²) >= 11 is 15.4. The van der Waals surface area contributed by atoms with Gasteiger partial charge < -0.3 is 14.2 Å². The van der Waals surface area contributed by atoms with E-state index in [0.29, 0.717) is 43.8 Å². The lowest BCUT2D eigenvalue weighted by molar-refractivity contribution is -0.129. The maximum absolute atomic E-state index is 12.3. The van der Waals surface area contributed by atoms with Gasteiger partial charge in [0, 0.05) is 5.56 Å². The van der Waals surface area contributed by atoms with E-state index in [1.54, 1.807) is 36.4 Å². The summed E-state index contributed by atoms with van der Waals surface area (Å²) in [5.41, 5.74) is 2.26. The number of aliphatic imine (C=N–C) groups is 1. The molecule has 29 heavy (non-hydrogen) atoms. The van der Waals surface area contributed by atoms with Gasteiger partial charge >= 0.3 is 5.97 Å². The summed E-state index contributed by atoms with van der Waals surface area (Å²) in [4.78, 5) is 16.5. The van der Waals surface area contributed by atoms with Crippen molar-refractivity contribution in [3.8, 4) is 11.5 Å². The molecule has 3 rings (SSSR count). The monoisotopic (exact) mass is 495 g/mol. The standard InChI is InChI=1S/C21H16BrCl2NO4/c1-11(2)10-28-19-14(22)6-12(8-18(19)27-3)7-17-21(26)29-20(25-17)13-4-5-15(23)16(24)9-13/h4-9H,1,10H2,2-3H3/b17-7-. The molecule has 1 heterocycles. The lowest BCUT2D eigenvalue weighted by Crippen LogP contribution is -2.05. The van der Waals surface area contributed by atoms with E-state index in [9.17, 15) is 4.79 Å². The molecule has 0 saturated carbocycles. The van der Waals surface area contributed by atoms with Crippen LogP contribution < -0.4 is 9.47 Å². The highest BCUT2D eigenvalue weighted by atomic mass is 79.9. The van der Waals surface area contributed by atoms with Crippen LogP contribution in [0.2, 0.25) is 10.0 Å². The smallest absolute Gasteiger partial charge is 0.363 e. The van der Waals surface area contributed by atoms with E-state index in [-0.39, 0.29) is 11.6 Å². The molecule has 0 radical (unpaired) electrons. The zero-order valence-electron chi connectivity index (χ0n) is 15.6. The maximum atomic E-state index is 12.3. The molecular weight excluding hydrogens is 481 g/mol. The Kier molecular flexibility index (Phi) is 6.67. The van der Waals surface area contributed by atoms with Gasteiger partial charge in [0.15, 0.2) is 17.2 Å². The average Bonchev–Trinajstić information content (AvgIpc) is 3.03. The SMILES string of the molecule is C=C(C)COc1c(Br)cc(/C=C2\N=C(c3ccc(Cl)c(Cl)c3)OC2=O)cc1OC. The van der Waals surface area contributed by atoms with Crippen molar-refractivity contribution in [2.45, 2.75) is 6.92 Å². The van der Waals surface area contributed by atoms with Crippen molar-refractivity contribution in [2.24, 2.45) is 4.99 Å². The quantitative estimate of drug-likeness (QED) is 0.277. The number of carbonyl (C=O) groups is 1. The molecule has 0 unspecified atom stereocenters. The zero-order chi connectivity index (χ0) is 21.1. The fraction of sp³-hybridized carbons (Fsp3) is 0.143. The van der Waals surface area contributed by atoms with Crippen LogP contribution in [-0.2, 0) is 9.53 Å². The van der Waals surface area contributed by atoms with Gasteiger partial charge in [0.1, 0.15) is 6.61 Å². The molecule has 2 aromatic rings. The highest BCUT2D eigenvalue weighted by molar-refractivity contribution is 9.10.